The second kappa shape index (κ2) is 8.47. The highest BCUT2D eigenvalue weighted by Gasteiger charge is 2.46. The van der Waals surface area contributed by atoms with Crippen LogP contribution in [0.15, 0.2) is 156 Å². The fourth-order valence-electron chi connectivity index (χ4n) is 6.58. The van der Waals surface area contributed by atoms with Gasteiger partial charge in [-0.15, -0.1) is 0 Å². The lowest BCUT2D eigenvalue weighted by atomic mass is 9.67. The van der Waals surface area contributed by atoms with Crippen molar-refractivity contribution in [2.45, 2.75) is 5.41 Å². The van der Waals surface area contributed by atoms with E-state index in [-0.39, 0.29) is 0 Å². The average molecular weight is 500 g/mol. The first-order chi connectivity index (χ1) is 19.4. The first-order valence-electron chi connectivity index (χ1n) is 13.4. The van der Waals surface area contributed by atoms with E-state index in [1.54, 1.807) is 0 Å². The Morgan fingerprint density at radius 3 is 1.33 bits per heavy atom. The summed E-state index contributed by atoms with van der Waals surface area (Å²) in [5, 5.41) is 2.46. The largest absolute Gasteiger partial charge is 0.456 e. The third kappa shape index (κ3) is 3.09. The molecule has 2 nitrogen and oxygen atoms in total. The topological polar surface area (TPSA) is 16.4 Å². The number of hydrogen-bond acceptors (Lipinski definition) is 2. The van der Waals surface area contributed by atoms with Crippen LogP contribution in [0.2, 0.25) is 0 Å². The Balaban J connectivity index is 1.37. The van der Waals surface area contributed by atoms with Gasteiger partial charge in [-0.2, -0.15) is 0 Å². The van der Waals surface area contributed by atoms with Crippen LogP contribution in [0.5, 0.6) is 0 Å². The molecule has 1 aliphatic carbocycles. The lowest BCUT2D eigenvalue weighted by Gasteiger charge is -2.35. The molecule has 0 atom stereocenters. The van der Waals surface area contributed by atoms with E-state index in [1.807, 2.05) is 0 Å². The highest BCUT2D eigenvalue weighted by atomic mass is 16.3. The van der Waals surface area contributed by atoms with Gasteiger partial charge >= 0.3 is 0 Å². The monoisotopic (exact) mass is 499 g/mol. The molecule has 0 bridgehead atoms. The van der Waals surface area contributed by atoms with Crippen LogP contribution in [0.25, 0.3) is 21.9 Å². The van der Waals surface area contributed by atoms with Gasteiger partial charge in [-0.05, 0) is 70.8 Å². The summed E-state index contributed by atoms with van der Waals surface area (Å²) in [4.78, 5) is 2.31. The van der Waals surface area contributed by atoms with Gasteiger partial charge in [-0.1, -0.05) is 103 Å². The molecule has 39 heavy (non-hydrogen) atoms. The molecule has 1 aromatic heterocycles. The smallest absolute Gasteiger partial charge is 0.135 e. The molecule has 0 unspecified atom stereocenters. The molecule has 0 saturated heterocycles. The normalized spacial score (nSPS) is 13.3. The van der Waals surface area contributed by atoms with Crippen LogP contribution in [-0.2, 0) is 5.41 Å². The Kier molecular flexibility index (Phi) is 4.77. The van der Waals surface area contributed by atoms with Gasteiger partial charge in [0.05, 0.1) is 5.41 Å². The van der Waals surface area contributed by atoms with Crippen molar-refractivity contribution in [3.8, 4) is 0 Å². The standard InChI is InChI=1S/C37H25NO/c1-4-12-26(13-5-1)37(31-18-10-20-33-35(31)36-32(37)19-11-21-34(36)39-33)27-22-24-30(25-23-27)38(28-14-6-2-7-15-28)29-16-8-3-9-17-29/h1-25H. The van der Waals surface area contributed by atoms with Gasteiger partial charge in [0.15, 0.2) is 0 Å². The molecule has 1 heterocycles. The predicted octanol–water partition coefficient (Wildman–Crippen LogP) is 9.75. The SMILES string of the molecule is c1ccc(N(c2ccccc2)c2ccc(C3(c4ccccc4)c4cccc5oc6cccc3c6c45)cc2)cc1. The minimum atomic E-state index is -0.426. The highest BCUT2D eigenvalue weighted by molar-refractivity contribution is 6.14. The van der Waals surface area contributed by atoms with Gasteiger partial charge < -0.3 is 9.32 Å². The molecule has 1 aliphatic rings. The maximum atomic E-state index is 6.28. The Morgan fingerprint density at radius 2 is 0.821 bits per heavy atom. The molecule has 0 radical (unpaired) electrons. The van der Waals surface area contributed by atoms with E-state index in [2.05, 4.69) is 157 Å². The molecule has 0 amide bonds. The maximum Gasteiger partial charge on any atom is 0.135 e. The van der Waals surface area contributed by atoms with Crippen LogP contribution in [0.3, 0.4) is 0 Å². The lowest BCUT2D eigenvalue weighted by Crippen LogP contribution is -2.29. The van der Waals surface area contributed by atoms with E-state index in [1.165, 1.54) is 33.0 Å². The van der Waals surface area contributed by atoms with Crippen molar-refractivity contribution < 1.29 is 4.42 Å². The highest BCUT2D eigenvalue weighted by Crippen LogP contribution is 2.56. The zero-order valence-corrected chi connectivity index (χ0v) is 21.3. The Morgan fingerprint density at radius 1 is 0.385 bits per heavy atom. The van der Waals surface area contributed by atoms with Crippen LogP contribution in [0.1, 0.15) is 22.3 Å². The fraction of sp³-hybridized carbons (Fsp3) is 0.0270. The second-order valence-electron chi connectivity index (χ2n) is 10.1. The molecule has 2 heteroatoms. The first kappa shape index (κ1) is 22.0. The fourth-order valence-corrected chi connectivity index (χ4v) is 6.58. The summed E-state index contributed by atoms with van der Waals surface area (Å²) in [5.41, 5.74) is 9.92. The van der Waals surface area contributed by atoms with Crippen molar-refractivity contribution in [3.05, 3.63) is 174 Å². The summed E-state index contributed by atoms with van der Waals surface area (Å²) in [5.74, 6) is 0. The van der Waals surface area contributed by atoms with Crippen LogP contribution in [-0.4, -0.2) is 0 Å². The third-order valence-corrected chi connectivity index (χ3v) is 8.12. The van der Waals surface area contributed by atoms with Gasteiger partial charge in [0.2, 0.25) is 0 Å². The predicted molar refractivity (Wildman–Crippen MR) is 160 cm³/mol. The number of anilines is 3. The van der Waals surface area contributed by atoms with Crippen LogP contribution in [0.4, 0.5) is 17.1 Å². The van der Waals surface area contributed by atoms with E-state index in [4.69, 9.17) is 4.42 Å². The lowest BCUT2D eigenvalue weighted by molar-refractivity contribution is 0.663. The molecular weight excluding hydrogens is 474 g/mol. The minimum Gasteiger partial charge on any atom is -0.456 e. The van der Waals surface area contributed by atoms with Crippen LogP contribution >= 0.6 is 0 Å². The molecule has 7 aromatic rings. The summed E-state index contributed by atoms with van der Waals surface area (Å²) in [6, 6.07) is 54.1. The second-order valence-corrected chi connectivity index (χ2v) is 10.1. The van der Waals surface area contributed by atoms with Crippen LogP contribution < -0.4 is 4.90 Å². The van der Waals surface area contributed by atoms with Gasteiger partial charge in [0, 0.05) is 27.8 Å². The van der Waals surface area contributed by atoms with Crippen molar-refractivity contribution in [2.75, 3.05) is 4.90 Å². The molecular formula is C37H25NO. The van der Waals surface area contributed by atoms with Crippen molar-refractivity contribution in [3.63, 3.8) is 0 Å². The van der Waals surface area contributed by atoms with Crippen molar-refractivity contribution in [1.29, 1.82) is 0 Å². The van der Waals surface area contributed by atoms with Gasteiger partial charge in [-0.25, -0.2) is 0 Å². The summed E-state index contributed by atoms with van der Waals surface area (Å²) in [7, 11) is 0. The molecule has 0 fully saturated rings. The average Bonchev–Trinajstić information content (AvgIpc) is 3.55. The summed E-state index contributed by atoms with van der Waals surface area (Å²) in [6.07, 6.45) is 0. The van der Waals surface area contributed by atoms with Gasteiger partial charge in [0.25, 0.3) is 0 Å². The van der Waals surface area contributed by atoms with Crippen molar-refractivity contribution >= 4 is 39.0 Å². The van der Waals surface area contributed by atoms with Crippen molar-refractivity contribution in [1.82, 2.24) is 0 Å². The Bertz CT molecular complexity index is 1840. The third-order valence-electron chi connectivity index (χ3n) is 8.12. The summed E-state index contributed by atoms with van der Waals surface area (Å²) in [6.45, 7) is 0. The number of furan rings is 1. The molecule has 0 spiro atoms. The number of rotatable bonds is 5. The van der Waals surface area contributed by atoms with Crippen LogP contribution in [0, 0.1) is 0 Å². The Hall–Kier alpha value is -5.08. The van der Waals surface area contributed by atoms with Crippen molar-refractivity contribution in [2.24, 2.45) is 0 Å². The molecule has 6 aromatic carbocycles. The zero-order valence-electron chi connectivity index (χ0n) is 21.3. The van der Waals surface area contributed by atoms with E-state index in [0.29, 0.717) is 0 Å². The summed E-state index contributed by atoms with van der Waals surface area (Å²) >= 11 is 0. The van der Waals surface area contributed by atoms with E-state index < -0.39 is 5.41 Å². The Labute approximate surface area is 227 Å². The molecule has 184 valence electrons. The zero-order chi connectivity index (χ0) is 25.8. The summed E-state index contributed by atoms with van der Waals surface area (Å²) < 4.78 is 6.28. The molecule has 8 rings (SSSR count). The molecule has 0 aliphatic heterocycles. The molecule has 0 N–H and O–H groups in total. The van der Waals surface area contributed by atoms with Gasteiger partial charge in [-0.3, -0.25) is 0 Å². The minimum absolute atomic E-state index is 0.426. The number of hydrogen-bond donors (Lipinski definition) is 0. The van der Waals surface area contributed by atoms with Gasteiger partial charge in [0.1, 0.15) is 11.2 Å². The number of nitrogens with zero attached hydrogens (tertiary/aromatic N) is 1. The first-order valence-corrected chi connectivity index (χ1v) is 13.4. The number of benzene rings is 6. The van der Waals surface area contributed by atoms with E-state index in [9.17, 15) is 0 Å². The maximum absolute atomic E-state index is 6.28. The molecule has 0 saturated carbocycles. The van der Waals surface area contributed by atoms with E-state index in [0.717, 1.165) is 28.2 Å². The number of para-hydroxylation sites is 2. The quantitative estimate of drug-likeness (QED) is 0.234. The van der Waals surface area contributed by atoms with E-state index >= 15 is 0 Å².